The van der Waals surface area contributed by atoms with Crippen molar-refractivity contribution in [2.75, 3.05) is 13.2 Å². The van der Waals surface area contributed by atoms with E-state index in [1.54, 1.807) is 0 Å². The van der Waals surface area contributed by atoms with E-state index >= 15 is 0 Å². The first kappa shape index (κ1) is 15.1. The van der Waals surface area contributed by atoms with Crippen LogP contribution in [0.3, 0.4) is 0 Å². The van der Waals surface area contributed by atoms with Crippen molar-refractivity contribution in [2.45, 2.75) is 52.0 Å². The van der Waals surface area contributed by atoms with Crippen LogP contribution in [0.4, 0.5) is 0 Å². The van der Waals surface area contributed by atoms with Gasteiger partial charge in [-0.3, -0.25) is 0 Å². The van der Waals surface area contributed by atoms with E-state index in [-0.39, 0.29) is 5.41 Å². The predicted octanol–water partition coefficient (Wildman–Crippen LogP) is 3.70. The molecule has 3 atom stereocenters. The summed E-state index contributed by atoms with van der Waals surface area (Å²) < 4.78 is 0. The smallest absolute Gasteiger partial charge is 0.0462 e. The first-order valence-corrected chi connectivity index (χ1v) is 8.54. The molecule has 1 aromatic carbocycles. The normalized spacial score (nSPS) is 31.1. The van der Waals surface area contributed by atoms with Crippen molar-refractivity contribution in [1.82, 2.24) is 5.32 Å². The summed E-state index contributed by atoms with van der Waals surface area (Å²) in [7, 11) is 0. The molecule has 0 saturated heterocycles. The Morgan fingerprint density at radius 1 is 1.14 bits per heavy atom. The van der Waals surface area contributed by atoms with Gasteiger partial charge >= 0.3 is 0 Å². The molecule has 2 aliphatic carbocycles. The highest BCUT2D eigenvalue weighted by Crippen LogP contribution is 2.45. The molecule has 0 amide bonds. The maximum Gasteiger partial charge on any atom is 0.0462 e. The molecule has 0 aliphatic heterocycles. The Hall–Kier alpha value is -0.860. The summed E-state index contributed by atoms with van der Waals surface area (Å²) >= 11 is 0. The molecule has 116 valence electrons. The highest BCUT2D eigenvalue weighted by atomic mass is 16.3. The fourth-order valence-electron chi connectivity index (χ4n) is 4.44. The number of nitrogens with one attached hydrogen (secondary N) is 1. The van der Waals surface area contributed by atoms with E-state index < -0.39 is 0 Å². The summed E-state index contributed by atoms with van der Waals surface area (Å²) in [4.78, 5) is 0. The summed E-state index contributed by atoms with van der Waals surface area (Å²) in [6.07, 6.45) is 6.25. The second-order valence-electron chi connectivity index (χ2n) is 7.69. The lowest BCUT2D eigenvalue weighted by atomic mass is 9.79. The van der Waals surface area contributed by atoms with Crippen molar-refractivity contribution < 1.29 is 5.11 Å². The van der Waals surface area contributed by atoms with E-state index in [0.29, 0.717) is 24.5 Å². The standard InChI is InChI=1S/C19H29NO/c1-19(2)11-14-7-5-6-10-17(14)18(19)20-12-15-8-3-4-9-16(15)13-21/h5-7,10,15-16,18,20-21H,3-4,8-9,11-13H2,1-2H3. The minimum Gasteiger partial charge on any atom is -0.396 e. The topological polar surface area (TPSA) is 32.3 Å². The predicted molar refractivity (Wildman–Crippen MR) is 87.2 cm³/mol. The molecule has 1 aromatic rings. The van der Waals surface area contributed by atoms with Gasteiger partial charge in [-0.2, -0.15) is 0 Å². The van der Waals surface area contributed by atoms with Gasteiger partial charge in [0, 0.05) is 12.6 Å². The number of hydrogen-bond acceptors (Lipinski definition) is 2. The fraction of sp³-hybridized carbons (Fsp3) is 0.684. The summed E-state index contributed by atoms with van der Waals surface area (Å²) in [5.74, 6) is 1.15. The molecule has 1 fully saturated rings. The van der Waals surface area contributed by atoms with Gasteiger partial charge in [0.1, 0.15) is 0 Å². The number of fused-ring (bicyclic) bond motifs is 1. The van der Waals surface area contributed by atoms with Crippen LogP contribution >= 0.6 is 0 Å². The van der Waals surface area contributed by atoms with Crippen LogP contribution < -0.4 is 5.32 Å². The largest absolute Gasteiger partial charge is 0.396 e. The second-order valence-corrected chi connectivity index (χ2v) is 7.69. The molecule has 21 heavy (non-hydrogen) atoms. The third-order valence-electron chi connectivity index (χ3n) is 5.68. The Morgan fingerprint density at radius 3 is 2.62 bits per heavy atom. The van der Waals surface area contributed by atoms with Crippen molar-refractivity contribution in [1.29, 1.82) is 0 Å². The van der Waals surface area contributed by atoms with Crippen molar-refractivity contribution in [3.63, 3.8) is 0 Å². The van der Waals surface area contributed by atoms with Crippen LogP contribution in [0.25, 0.3) is 0 Å². The second kappa shape index (κ2) is 6.10. The molecule has 0 spiro atoms. The first-order valence-electron chi connectivity index (χ1n) is 8.54. The van der Waals surface area contributed by atoms with Crippen molar-refractivity contribution in [3.8, 4) is 0 Å². The maximum atomic E-state index is 9.59. The highest BCUT2D eigenvalue weighted by molar-refractivity contribution is 5.37. The molecular formula is C19H29NO. The molecule has 2 heteroatoms. The van der Waals surface area contributed by atoms with Crippen LogP contribution in [0.1, 0.15) is 56.7 Å². The summed E-state index contributed by atoms with van der Waals surface area (Å²) in [6.45, 7) is 6.15. The zero-order valence-electron chi connectivity index (χ0n) is 13.4. The highest BCUT2D eigenvalue weighted by Gasteiger charge is 2.39. The molecule has 2 aliphatic rings. The van der Waals surface area contributed by atoms with E-state index in [4.69, 9.17) is 0 Å². The van der Waals surface area contributed by atoms with E-state index in [1.165, 1.54) is 36.8 Å². The van der Waals surface area contributed by atoms with Crippen molar-refractivity contribution in [2.24, 2.45) is 17.3 Å². The molecule has 1 saturated carbocycles. The number of benzene rings is 1. The quantitative estimate of drug-likeness (QED) is 0.885. The van der Waals surface area contributed by atoms with Gasteiger partial charge in [-0.25, -0.2) is 0 Å². The summed E-state index contributed by atoms with van der Waals surface area (Å²) in [5.41, 5.74) is 3.27. The van der Waals surface area contributed by atoms with Gasteiger partial charge in [-0.05, 0) is 54.2 Å². The lowest BCUT2D eigenvalue weighted by molar-refractivity contribution is 0.125. The Labute approximate surface area is 129 Å². The Balaban J connectivity index is 1.69. The van der Waals surface area contributed by atoms with Crippen LogP contribution in [-0.4, -0.2) is 18.3 Å². The van der Waals surface area contributed by atoms with E-state index in [1.807, 2.05) is 0 Å². The zero-order chi connectivity index (χ0) is 14.9. The molecule has 0 radical (unpaired) electrons. The number of aliphatic hydroxyl groups excluding tert-OH is 1. The third-order valence-corrected chi connectivity index (χ3v) is 5.68. The van der Waals surface area contributed by atoms with Gasteiger partial charge in [0.2, 0.25) is 0 Å². The number of rotatable bonds is 4. The molecule has 3 rings (SSSR count). The zero-order valence-corrected chi connectivity index (χ0v) is 13.4. The summed E-state index contributed by atoms with van der Waals surface area (Å²) in [5, 5.41) is 13.4. The monoisotopic (exact) mass is 287 g/mol. The van der Waals surface area contributed by atoms with Gasteiger partial charge in [0.15, 0.2) is 0 Å². The van der Waals surface area contributed by atoms with Crippen molar-refractivity contribution >= 4 is 0 Å². The van der Waals surface area contributed by atoms with Gasteiger partial charge in [-0.15, -0.1) is 0 Å². The van der Waals surface area contributed by atoms with Crippen LogP contribution in [0.2, 0.25) is 0 Å². The third kappa shape index (κ3) is 3.02. The van der Waals surface area contributed by atoms with Crippen LogP contribution in [0.5, 0.6) is 0 Å². The Bertz CT molecular complexity index is 482. The summed E-state index contributed by atoms with van der Waals surface area (Å²) in [6, 6.07) is 9.32. The van der Waals surface area contributed by atoms with Crippen LogP contribution in [-0.2, 0) is 6.42 Å². The van der Waals surface area contributed by atoms with Gasteiger partial charge in [0.25, 0.3) is 0 Å². The fourth-order valence-corrected chi connectivity index (χ4v) is 4.44. The number of hydrogen-bond donors (Lipinski definition) is 2. The van der Waals surface area contributed by atoms with E-state index in [2.05, 4.69) is 43.4 Å². The average Bonchev–Trinajstić information content (AvgIpc) is 2.75. The van der Waals surface area contributed by atoms with Gasteiger partial charge in [0.05, 0.1) is 0 Å². The van der Waals surface area contributed by atoms with Crippen LogP contribution in [0, 0.1) is 17.3 Å². The van der Waals surface area contributed by atoms with Gasteiger partial charge in [-0.1, -0.05) is 51.0 Å². The molecular weight excluding hydrogens is 258 g/mol. The lowest BCUT2D eigenvalue weighted by Crippen LogP contribution is -2.38. The molecule has 0 aromatic heterocycles. The molecule has 2 nitrogen and oxygen atoms in total. The SMILES string of the molecule is CC1(C)Cc2ccccc2C1NCC1CCCCC1CO. The first-order chi connectivity index (χ1) is 10.1. The molecule has 3 unspecified atom stereocenters. The van der Waals surface area contributed by atoms with E-state index in [9.17, 15) is 5.11 Å². The minimum absolute atomic E-state index is 0.285. The minimum atomic E-state index is 0.285. The van der Waals surface area contributed by atoms with Gasteiger partial charge < -0.3 is 10.4 Å². The molecule has 0 heterocycles. The van der Waals surface area contributed by atoms with E-state index in [0.717, 1.165) is 13.0 Å². The van der Waals surface area contributed by atoms with Crippen molar-refractivity contribution in [3.05, 3.63) is 35.4 Å². The number of aliphatic hydroxyl groups is 1. The maximum absolute atomic E-state index is 9.59. The Morgan fingerprint density at radius 2 is 1.86 bits per heavy atom. The Kier molecular flexibility index (Phi) is 4.37. The molecule has 2 N–H and O–H groups in total. The molecule has 0 bridgehead atoms. The lowest BCUT2D eigenvalue weighted by Gasteiger charge is -2.34. The van der Waals surface area contributed by atoms with Crippen LogP contribution in [0.15, 0.2) is 24.3 Å². The average molecular weight is 287 g/mol.